The molecule has 1 aliphatic rings. The smallest absolute Gasteiger partial charge is 0.139 e. The predicted octanol–water partition coefficient (Wildman–Crippen LogP) is 5.64. The number of halogens is 1. The zero-order valence-electron chi connectivity index (χ0n) is 18.5. The minimum absolute atomic E-state index is 0.191. The Balaban J connectivity index is 1.69. The highest BCUT2D eigenvalue weighted by Crippen LogP contribution is 2.33. The normalized spacial score (nSPS) is 16.2. The van der Waals surface area contributed by atoms with Crippen molar-refractivity contribution in [2.45, 2.75) is 46.8 Å². The van der Waals surface area contributed by atoms with E-state index >= 15 is 0 Å². The van der Waals surface area contributed by atoms with Gasteiger partial charge < -0.3 is 14.4 Å². The van der Waals surface area contributed by atoms with Crippen molar-refractivity contribution in [3.63, 3.8) is 0 Å². The number of hydrogen-bond acceptors (Lipinski definition) is 4. The van der Waals surface area contributed by atoms with Crippen LogP contribution >= 0.6 is 11.6 Å². The molecule has 1 fully saturated rings. The van der Waals surface area contributed by atoms with E-state index in [4.69, 9.17) is 21.1 Å². The zero-order chi connectivity index (χ0) is 21.1. The second-order valence-electron chi connectivity index (χ2n) is 8.09. The molecule has 2 aromatic rings. The number of ether oxygens (including phenoxy) is 2. The van der Waals surface area contributed by atoms with Crippen LogP contribution in [0.15, 0.2) is 30.3 Å². The highest BCUT2D eigenvalue weighted by molar-refractivity contribution is 6.32. The van der Waals surface area contributed by atoms with Crippen LogP contribution in [0.3, 0.4) is 0 Å². The molecule has 1 atom stereocenters. The summed E-state index contributed by atoms with van der Waals surface area (Å²) in [5, 5.41) is 0.652. The molecular formula is C24H33ClN2O2. The molecule has 5 heteroatoms. The van der Waals surface area contributed by atoms with E-state index in [9.17, 15) is 0 Å². The largest absolute Gasteiger partial charge is 0.495 e. The molecule has 0 radical (unpaired) electrons. The van der Waals surface area contributed by atoms with E-state index in [1.54, 1.807) is 7.11 Å². The Labute approximate surface area is 180 Å². The molecule has 0 aliphatic carbocycles. The number of methoxy groups -OCH3 is 1. The molecule has 0 N–H and O–H groups in total. The topological polar surface area (TPSA) is 24.9 Å². The van der Waals surface area contributed by atoms with Crippen LogP contribution in [0.5, 0.6) is 11.5 Å². The fourth-order valence-corrected chi connectivity index (χ4v) is 4.25. The molecule has 1 unspecified atom stereocenters. The number of hydrogen-bond donors (Lipinski definition) is 0. The van der Waals surface area contributed by atoms with Gasteiger partial charge in [0.15, 0.2) is 0 Å². The van der Waals surface area contributed by atoms with E-state index in [2.05, 4.69) is 62.6 Å². The quantitative estimate of drug-likeness (QED) is 0.608. The molecule has 158 valence electrons. The highest BCUT2D eigenvalue weighted by atomic mass is 35.5. The average molecular weight is 417 g/mol. The second-order valence-corrected chi connectivity index (χ2v) is 8.49. The molecule has 3 rings (SSSR count). The van der Waals surface area contributed by atoms with Crippen molar-refractivity contribution in [2.24, 2.45) is 0 Å². The SMILES string of the molecule is COc1cc(N2CCN(C(C)c3ccc(OC(C)C)c(C)c3C)CC2)ccc1Cl. The van der Waals surface area contributed by atoms with Crippen LogP contribution in [0.25, 0.3) is 0 Å². The third-order valence-corrected chi connectivity index (χ3v) is 6.27. The first-order valence-electron chi connectivity index (χ1n) is 10.4. The van der Waals surface area contributed by atoms with Crippen LogP contribution in [0.4, 0.5) is 5.69 Å². The van der Waals surface area contributed by atoms with E-state index in [-0.39, 0.29) is 6.10 Å². The van der Waals surface area contributed by atoms with E-state index < -0.39 is 0 Å². The van der Waals surface area contributed by atoms with Crippen LogP contribution in [0.2, 0.25) is 5.02 Å². The molecule has 0 aromatic heterocycles. The Morgan fingerprint density at radius 3 is 2.21 bits per heavy atom. The molecule has 0 amide bonds. The fraction of sp³-hybridized carbons (Fsp3) is 0.500. The first kappa shape index (κ1) is 21.8. The summed E-state index contributed by atoms with van der Waals surface area (Å²) in [6.45, 7) is 14.8. The Kier molecular flexibility index (Phi) is 6.97. The van der Waals surface area contributed by atoms with Crippen molar-refractivity contribution >= 4 is 17.3 Å². The molecule has 2 aromatic carbocycles. The van der Waals surface area contributed by atoms with Crippen molar-refractivity contribution in [3.05, 3.63) is 52.0 Å². The summed E-state index contributed by atoms with van der Waals surface area (Å²) in [4.78, 5) is 4.97. The first-order valence-corrected chi connectivity index (χ1v) is 10.8. The van der Waals surface area contributed by atoms with Gasteiger partial charge in [0, 0.05) is 44.0 Å². The molecule has 0 bridgehead atoms. The van der Waals surface area contributed by atoms with Crippen molar-refractivity contribution in [2.75, 3.05) is 38.2 Å². The van der Waals surface area contributed by atoms with Gasteiger partial charge in [-0.3, -0.25) is 4.90 Å². The molecular weight excluding hydrogens is 384 g/mol. The second kappa shape index (κ2) is 9.27. The van der Waals surface area contributed by atoms with Crippen molar-refractivity contribution in [1.29, 1.82) is 0 Å². The lowest BCUT2D eigenvalue weighted by molar-refractivity contribution is 0.197. The third kappa shape index (κ3) is 4.81. The van der Waals surface area contributed by atoms with Gasteiger partial charge in [-0.15, -0.1) is 0 Å². The van der Waals surface area contributed by atoms with Gasteiger partial charge in [0.2, 0.25) is 0 Å². The van der Waals surface area contributed by atoms with Gasteiger partial charge in [0.25, 0.3) is 0 Å². The molecule has 4 nitrogen and oxygen atoms in total. The number of nitrogens with zero attached hydrogens (tertiary/aromatic N) is 2. The Morgan fingerprint density at radius 2 is 1.59 bits per heavy atom. The minimum atomic E-state index is 0.191. The summed E-state index contributed by atoms with van der Waals surface area (Å²) in [6, 6.07) is 10.8. The maximum Gasteiger partial charge on any atom is 0.139 e. The van der Waals surface area contributed by atoms with Gasteiger partial charge in [0.1, 0.15) is 11.5 Å². The van der Waals surface area contributed by atoms with Crippen molar-refractivity contribution in [3.8, 4) is 11.5 Å². The third-order valence-electron chi connectivity index (χ3n) is 5.95. The summed E-state index contributed by atoms with van der Waals surface area (Å²) >= 11 is 6.17. The summed E-state index contributed by atoms with van der Waals surface area (Å²) < 4.78 is 11.3. The summed E-state index contributed by atoms with van der Waals surface area (Å²) in [7, 11) is 1.66. The van der Waals surface area contributed by atoms with Gasteiger partial charge in [-0.25, -0.2) is 0 Å². The molecule has 0 spiro atoms. The fourth-order valence-electron chi connectivity index (χ4n) is 4.06. The Morgan fingerprint density at radius 1 is 0.897 bits per heavy atom. The van der Waals surface area contributed by atoms with Crippen LogP contribution in [0.1, 0.15) is 43.5 Å². The van der Waals surface area contributed by atoms with Gasteiger partial charge in [-0.05, 0) is 69.5 Å². The standard InChI is InChI=1S/C24H33ClN2O2/c1-16(2)29-23-10-8-21(17(3)18(23)4)19(5)26-11-13-27(14-12-26)20-7-9-22(25)24(15-20)28-6/h7-10,15-16,19H,11-14H2,1-6H3. The van der Waals surface area contributed by atoms with Crippen LogP contribution in [0, 0.1) is 13.8 Å². The molecule has 1 saturated heterocycles. The minimum Gasteiger partial charge on any atom is -0.495 e. The van der Waals surface area contributed by atoms with Crippen LogP contribution < -0.4 is 14.4 Å². The van der Waals surface area contributed by atoms with Gasteiger partial charge in [0.05, 0.1) is 18.2 Å². The van der Waals surface area contributed by atoms with Gasteiger partial charge in [-0.1, -0.05) is 17.7 Å². The van der Waals surface area contributed by atoms with E-state index in [0.717, 1.165) is 37.7 Å². The lowest BCUT2D eigenvalue weighted by atomic mass is 9.96. The lowest BCUT2D eigenvalue weighted by Crippen LogP contribution is -2.47. The monoisotopic (exact) mass is 416 g/mol. The van der Waals surface area contributed by atoms with Gasteiger partial charge >= 0.3 is 0 Å². The summed E-state index contributed by atoms with van der Waals surface area (Å²) in [5.41, 5.74) is 5.14. The van der Waals surface area contributed by atoms with Gasteiger partial charge in [-0.2, -0.15) is 0 Å². The Bertz CT molecular complexity index is 845. The predicted molar refractivity (Wildman–Crippen MR) is 122 cm³/mol. The first-order chi connectivity index (χ1) is 13.8. The molecule has 1 heterocycles. The summed E-state index contributed by atoms with van der Waals surface area (Å²) in [5.74, 6) is 1.73. The maximum atomic E-state index is 6.17. The van der Waals surface area contributed by atoms with E-state index in [0.29, 0.717) is 11.1 Å². The number of rotatable bonds is 6. The molecule has 29 heavy (non-hydrogen) atoms. The maximum absolute atomic E-state index is 6.17. The van der Waals surface area contributed by atoms with E-state index in [1.807, 2.05) is 12.1 Å². The zero-order valence-corrected chi connectivity index (χ0v) is 19.2. The van der Waals surface area contributed by atoms with Crippen LogP contribution in [-0.2, 0) is 0 Å². The summed E-state index contributed by atoms with van der Waals surface area (Å²) in [6.07, 6.45) is 0.191. The van der Waals surface area contributed by atoms with Crippen LogP contribution in [-0.4, -0.2) is 44.3 Å². The highest BCUT2D eigenvalue weighted by Gasteiger charge is 2.24. The molecule has 0 saturated carbocycles. The van der Waals surface area contributed by atoms with Crippen molar-refractivity contribution < 1.29 is 9.47 Å². The van der Waals surface area contributed by atoms with E-state index in [1.165, 1.54) is 22.4 Å². The number of piperazine rings is 1. The number of anilines is 1. The average Bonchev–Trinajstić information content (AvgIpc) is 2.71. The lowest BCUT2D eigenvalue weighted by Gasteiger charge is -2.40. The number of benzene rings is 2. The Hall–Kier alpha value is -1.91. The molecule has 1 aliphatic heterocycles. The van der Waals surface area contributed by atoms with Crippen molar-refractivity contribution in [1.82, 2.24) is 4.90 Å².